The maximum absolute atomic E-state index is 7.92. The number of fused-ring (bicyclic) bond motifs is 4. The Hall–Kier alpha value is -9.78. The van der Waals surface area contributed by atoms with Gasteiger partial charge in [-0.3, -0.25) is 0 Å². The average Bonchev–Trinajstić information content (AvgIpc) is 0.698. The third-order valence-corrected chi connectivity index (χ3v) is 28.0. The molecule has 5 heteroatoms. The first kappa shape index (κ1) is 65.2. The van der Waals surface area contributed by atoms with E-state index in [4.69, 9.17) is 9.47 Å². The van der Waals surface area contributed by atoms with Crippen molar-refractivity contribution in [3.05, 3.63) is 332 Å². The molecule has 0 aliphatic carbocycles. The van der Waals surface area contributed by atoms with Gasteiger partial charge >= 0.3 is 0 Å². The fourth-order valence-electron chi connectivity index (χ4n) is 14.8. The largest absolute Gasteiger partial charge is 0.458 e. The molecule has 0 radical (unpaired) electrons. The molecule has 490 valence electrons. The SMILES string of the molecule is CC(C)(C)c1cc(-c2ccc3c(c2)Oc2c(-c4cccc(S(c5ccccc5)(c5ccccc5)c5ccccc5)c4)cc(-c4cccc(S(c5ccccc5)(c5ccccc5)c5ccccc5)c4)c4c2B3c2ccc(-c3cc(C(C)(C)C)cc(C(C)(C)C)c3)cc2O4)cc(C(C)(C)C)c1. The van der Waals surface area contributed by atoms with Gasteiger partial charge in [0.05, 0.1) is 0 Å². The number of ether oxygens (including phenoxy) is 2. The van der Waals surface area contributed by atoms with E-state index in [0.717, 1.165) is 72.8 Å². The Labute approximate surface area is 591 Å². The van der Waals surface area contributed by atoms with Gasteiger partial charge in [0, 0.05) is 55.8 Å². The normalized spacial score (nSPS) is 13.3. The van der Waals surface area contributed by atoms with Gasteiger partial charge in [0.1, 0.15) is 23.0 Å². The van der Waals surface area contributed by atoms with Crippen LogP contribution in [0.3, 0.4) is 0 Å². The minimum atomic E-state index is -2.10. The van der Waals surface area contributed by atoms with Crippen LogP contribution < -0.4 is 25.9 Å². The number of benzene rings is 13. The summed E-state index contributed by atoms with van der Waals surface area (Å²) in [5.41, 5.74) is 16.9. The maximum Gasteiger partial charge on any atom is 0.260 e. The van der Waals surface area contributed by atoms with E-state index < -0.39 is 20.1 Å². The number of rotatable bonds is 12. The summed E-state index contributed by atoms with van der Waals surface area (Å²) in [5.74, 6) is 3.28. The predicted molar refractivity (Wildman–Crippen MR) is 421 cm³/mol. The molecule has 15 rings (SSSR count). The monoisotopic (exact) mass is 1320 g/mol. The Morgan fingerprint density at radius 1 is 0.232 bits per heavy atom. The van der Waals surface area contributed by atoms with Crippen LogP contribution in [0.4, 0.5) is 0 Å². The molecule has 0 N–H and O–H groups in total. The molecule has 13 aromatic carbocycles. The average molecular weight is 1320 g/mol. The third kappa shape index (κ3) is 11.8. The van der Waals surface area contributed by atoms with Gasteiger partial charge in [-0.15, -0.1) is 20.1 Å². The lowest BCUT2D eigenvalue weighted by Gasteiger charge is -2.42. The molecule has 0 bridgehead atoms. The van der Waals surface area contributed by atoms with Crippen LogP contribution >= 0.6 is 20.1 Å². The summed E-state index contributed by atoms with van der Waals surface area (Å²) in [5, 5.41) is 0. The Bertz CT molecular complexity index is 4580. The summed E-state index contributed by atoms with van der Waals surface area (Å²) < 4.78 is 15.8. The zero-order chi connectivity index (χ0) is 68.6. The summed E-state index contributed by atoms with van der Waals surface area (Å²) in [6, 6.07) is 117. The molecule has 0 aromatic heterocycles. The van der Waals surface area contributed by atoms with Gasteiger partial charge in [-0.1, -0.05) is 277 Å². The summed E-state index contributed by atoms with van der Waals surface area (Å²) in [7, 11) is -4.21. The molecule has 0 fully saturated rings. The fraction of sp³-hybridized carbons (Fsp3) is 0.170. The van der Waals surface area contributed by atoms with Crippen molar-refractivity contribution in [2.24, 2.45) is 0 Å². The van der Waals surface area contributed by atoms with Gasteiger partial charge in [-0.2, -0.15) is 0 Å². The van der Waals surface area contributed by atoms with Crippen molar-refractivity contribution in [2.45, 2.75) is 144 Å². The minimum absolute atomic E-state index is 0.0714. The van der Waals surface area contributed by atoms with E-state index in [1.807, 2.05) is 0 Å². The highest BCUT2D eigenvalue weighted by molar-refractivity contribution is 8.34. The molecule has 0 saturated heterocycles. The van der Waals surface area contributed by atoms with Crippen molar-refractivity contribution in [2.75, 3.05) is 0 Å². The Kier molecular flexibility index (Phi) is 16.6. The lowest BCUT2D eigenvalue weighted by atomic mass is 9.34. The molecular weight excluding hydrogens is 1240 g/mol. The molecule has 0 saturated carbocycles. The summed E-state index contributed by atoms with van der Waals surface area (Å²) in [6.45, 7) is 27.6. The minimum Gasteiger partial charge on any atom is -0.458 e. The van der Waals surface area contributed by atoms with Gasteiger partial charge < -0.3 is 9.47 Å². The maximum atomic E-state index is 7.92. The summed E-state index contributed by atoms with van der Waals surface area (Å²) in [4.78, 5) is 10.0. The zero-order valence-corrected chi connectivity index (χ0v) is 60.8. The van der Waals surface area contributed by atoms with Gasteiger partial charge in [0.15, 0.2) is 0 Å². The lowest BCUT2D eigenvalue weighted by Crippen LogP contribution is -2.57. The second-order valence-electron chi connectivity index (χ2n) is 30.9. The zero-order valence-electron chi connectivity index (χ0n) is 59.2. The standard InChI is InChI=1S/C94H87BO2S2/c1-91(2,3)70-53-68(54-71(61-70)92(4,5)6)64-49-51-84-86(59-64)96-89-82(66-33-31-47-80(57-66)98(74-35-19-13-20-36-74,75-37-21-14-22-38-75)76-39-23-15-24-40-76)63-83(67-34-32-48-81(58-67)99(77-41-25-16-26-42-77,78-43-27-17-28-44-78)79-45-29-18-30-46-79)90-88(89)95(84)85-52-50-65(60-87(85)97-90)69-55-72(93(7,8)9)62-73(56-69)94(10,11)12/h13-63H,1-12H3. The first-order chi connectivity index (χ1) is 47.6. The molecule has 99 heavy (non-hydrogen) atoms. The smallest absolute Gasteiger partial charge is 0.260 e. The first-order valence-corrected chi connectivity index (χ1v) is 38.2. The summed E-state index contributed by atoms with van der Waals surface area (Å²) >= 11 is 0. The third-order valence-electron chi connectivity index (χ3n) is 20.2. The van der Waals surface area contributed by atoms with Crippen LogP contribution in [0.25, 0.3) is 44.5 Å². The molecular formula is C94H87BO2S2. The van der Waals surface area contributed by atoms with Crippen LogP contribution in [0.5, 0.6) is 23.0 Å². The first-order valence-electron chi connectivity index (χ1n) is 34.9. The van der Waals surface area contributed by atoms with Crippen LogP contribution in [0.2, 0.25) is 0 Å². The summed E-state index contributed by atoms with van der Waals surface area (Å²) in [6.07, 6.45) is 0. The van der Waals surface area contributed by atoms with Gasteiger partial charge in [-0.25, -0.2) is 0 Å². The van der Waals surface area contributed by atoms with Crippen molar-refractivity contribution in [3.63, 3.8) is 0 Å². The van der Waals surface area contributed by atoms with Crippen LogP contribution in [0.15, 0.2) is 349 Å². The second kappa shape index (κ2) is 25.2. The Morgan fingerprint density at radius 3 is 0.778 bits per heavy atom. The van der Waals surface area contributed by atoms with Crippen molar-refractivity contribution in [1.29, 1.82) is 0 Å². The van der Waals surface area contributed by atoms with Gasteiger partial charge in [0.2, 0.25) is 0 Å². The molecule has 0 atom stereocenters. The van der Waals surface area contributed by atoms with Crippen molar-refractivity contribution < 1.29 is 9.47 Å². The molecule has 2 aliphatic rings. The molecule has 13 aromatic rings. The van der Waals surface area contributed by atoms with Gasteiger partial charge in [0.25, 0.3) is 6.71 Å². The fourth-order valence-corrected chi connectivity index (χ4v) is 22.6. The molecule has 0 amide bonds. The molecule has 0 unspecified atom stereocenters. The van der Waals surface area contributed by atoms with E-state index in [1.54, 1.807) is 0 Å². The lowest BCUT2D eigenvalue weighted by molar-refractivity contribution is 0.467. The van der Waals surface area contributed by atoms with E-state index in [0.29, 0.717) is 0 Å². The number of hydrogen-bond acceptors (Lipinski definition) is 2. The van der Waals surface area contributed by atoms with E-state index in [2.05, 4.69) is 392 Å². The van der Waals surface area contributed by atoms with E-state index in [9.17, 15) is 0 Å². The number of hydrogen-bond donors (Lipinski definition) is 0. The Balaban J connectivity index is 1.04. The van der Waals surface area contributed by atoms with E-state index >= 15 is 0 Å². The van der Waals surface area contributed by atoms with Crippen LogP contribution in [-0.4, -0.2) is 6.71 Å². The molecule has 2 nitrogen and oxygen atoms in total. The van der Waals surface area contributed by atoms with Crippen molar-refractivity contribution in [3.8, 4) is 67.5 Å². The van der Waals surface area contributed by atoms with Crippen LogP contribution in [0, 0.1) is 0 Å². The molecule has 2 heterocycles. The van der Waals surface area contributed by atoms with E-state index in [1.165, 1.54) is 72.5 Å². The van der Waals surface area contributed by atoms with Crippen molar-refractivity contribution >= 4 is 43.2 Å². The highest BCUT2D eigenvalue weighted by Crippen LogP contribution is 2.75. The molecule has 2 aliphatic heterocycles. The van der Waals surface area contributed by atoms with Crippen LogP contribution in [0.1, 0.15) is 105 Å². The quantitative estimate of drug-likeness (QED) is 0.114. The van der Waals surface area contributed by atoms with E-state index in [-0.39, 0.29) is 28.4 Å². The second-order valence-corrected chi connectivity index (χ2v) is 37.2. The highest BCUT2D eigenvalue weighted by atomic mass is 32.3. The Morgan fingerprint density at radius 2 is 0.505 bits per heavy atom. The van der Waals surface area contributed by atoms with Crippen molar-refractivity contribution in [1.82, 2.24) is 0 Å². The highest BCUT2D eigenvalue weighted by Gasteiger charge is 2.44. The molecule has 0 spiro atoms. The predicted octanol–water partition coefficient (Wildman–Crippen LogP) is 25.0. The topological polar surface area (TPSA) is 18.5 Å². The van der Waals surface area contributed by atoms with Gasteiger partial charge in [-0.05, 0) is 203 Å². The van der Waals surface area contributed by atoms with Crippen LogP contribution in [-0.2, 0) is 21.7 Å².